The minimum atomic E-state index is -0.509. The van der Waals surface area contributed by atoms with Crippen LogP contribution < -0.4 is 5.32 Å². The fourth-order valence-electron chi connectivity index (χ4n) is 1.75. The van der Waals surface area contributed by atoms with Gasteiger partial charge in [-0.25, -0.2) is 8.78 Å². The third kappa shape index (κ3) is 3.14. The molecular formula is C13H17F2N. The molecule has 2 unspecified atom stereocenters. The van der Waals surface area contributed by atoms with E-state index in [0.717, 1.165) is 6.42 Å². The molecule has 1 nitrogen and oxygen atoms in total. The molecule has 16 heavy (non-hydrogen) atoms. The molecule has 1 aromatic carbocycles. The normalized spacial score (nSPS) is 14.5. The standard InChI is InChI=1S/C13H17F2N/c1-4-6-9(2)16-10(3)13-11(14)7-5-8-12(13)15/h4-5,7-10,16H,1,6H2,2-3H3. The number of rotatable bonds is 5. The van der Waals surface area contributed by atoms with Crippen molar-refractivity contribution in [2.45, 2.75) is 32.4 Å². The summed E-state index contributed by atoms with van der Waals surface area (Å²) in [5.74, 6) is -1.02. The number of benzene rings is 1. The van der Waals surface area contributed by atoms with Gasteiger partial charge in [-0.05, 0) is 32.4 Å². The number of nitrogens with one attached hydrogen (secondary N) is 1. The quantitative estimate of drug-likeness (QED) is 0.755. The minimum absolute atomic E-state index is 0.0958. The maximum atomic E-state index is 13.4. The Morgan fingerprint density at radius 3 is 2.38 bits per heavy atom. The highest BCUT2D eigenvalue weighted by Crippen LogP contribution is 2.20. The van der Waals surface area contributed by atoms with E-state index in [9.17, 15) is 8.78 Å². The molecule has 0 amide bonds. The maximum absolute atomic E-state index is 13.4. The van der Waals surface area contributed by atoms with Crippen molar-refractivity contribution >= 4 is 0 Å². The largest absolute Gasteiger partial charge is 0.307 e. The van der Waals surface area contributed by atoms with E-state index in [2.05, 4.69) is 11.9 Å². The van der Waals surface area contributed by atoms with Gasteiger partial charge in [-0.2, -0.15) is 0 Å². The zero-order valence-corrected chi connectivity index (χ0v) is 9.63. The maximum Gasteiger partial charge on any atom is 0.130 e. The van der Waals surface area contributed by atoms with Crippen LogP contribution in [-0.4, -0.2) is 6.04 Å². The van der Waals surface area contributed by atoms with Crippen molar-refractivity contribution in [3.05, 3.63) is 48.1 Å². The van der Waals surface area contributed by atoms with Gasteiger partial charge in [0, 0.05) is 17.6 Å². The van der Waals surface area contributed by atoms with E-state index >= 15 is 0 Å². The van der Waals surface area contributed by atoms with Crippen LogP contribution in [-0.2, 0) is 0 Å². The number of hydrogen-bond acceptors (Lipinski definition) is 1. The van der Waals surface area contributed by atoms with E-state index in [0.29, 0.717) is 0 Å². The van der Waals surface area contributed by atoms with Crippen LogP contribution in [0.3, 0.4) is 0 Å². The molecule has 2 atom stereocenters. The second kappa shape index (κ2) is 5.75. The fraction of sp³-hybridized carbons (Fsp3) is 0.385. The smallest absolute Gasteiger partial charge is 0.130 e. The van der Waals surface area contributed by atoms with Crippen LogP contribution in [0.25, 0.3) is 0 Å². The summed E-state index contributed by atoms with van der Waals surface area (Å²) in [5, 5.41) is 3.13. The summed E-state index contributed by atoms with van der Waals surface area (Å²) in [4.78, 5) is 0. The summed E-state index contributed by atoms with van der Waals surface area (Å²) in [6, 6.07) is 3.71. The van der Waals surface area contributed by atoms with Crippen molar-refractivity contribution in [3.63, 3.8) is 0 Å². The van der Waals surface area contributed by atoms with Crippen molar-refractivity contribution in [3.8, 4) is 0 Å². The van der Waals surface area contributed by atoms with Gasteiger partial charge in [-0.3, -0.25) is 0 Å². The Morgan fingerprint density at radius 1 is 1.31 bits per heavy atom. The van der Waals surface area contributed by atoms with Crippen LogP contribution >= 0.6 is 0 Å². The summed E-state index contributed by atoms with van der Waals surface area (Å²) < 4.78 is 26.9. The fourth-order valence-corrected chi connectivity index (χ4v) is 1.75. The Kier molecular flexibility index (Phi) is 4.62. The molecule has 0 aliphatic rings. The van der Waals surface area contributed by atoms with E-state index in [4.69, 9.17) is 0 Å². The summed E-state index contributed by atoms with van der Waals surface area (Å²) >= 11 is 0. The molecule has 0 aromatic heterocycles. The highest BCUT2D eigenvalue weighted by molar-refractivity contribution is 5.22. The Balaban J connectivity index is 2.79. The molecule has 0 aliphatic carbocycles. The van der Waals surface area contributed by atoms with E-state index in [1.54, 1.807) is 13.0 Å². The van der Waals surface area contributed by atoms with Crippen molar-refractivity contribution in [2.24, 2.45) is 0 Å². The molecule has 1 rings (SSSR count). The lowest BCUT2D eigenvalue weighted by atomic mass is 10.1. The van der Waals surface area contributed by atoms with E-state index in [1.807, 2.05) is 6.92 Å². The summed E-state index contributed by atoms with van der Waals surface area (Å²) in [6.07, 6.45) is 2.54. The molecule has 0 fully saturated rings. The van der Waals surface area contributed by atoms with Crippen molar-refractivity contribution in [2.75, 3.05) is 0 Å². The van der Waals surface area contributed by atoms with Gasteiger partial charge in [0.25, 0.3) is 0 Å². The van der Waals surface area contributed by atoms with Crippen LogP contribution in [0.2, 0.25) is 0 Å². The average Bonchev–Trinajstić information content (AvgIpc) is 2.17. The second-order valence-corrected chi connectivity index (χ2v) is 3.95. The van der Waals surface area contributed by atoms with Crippen LogP contribution in [0.5, 0.6) is 0 Å². The van der Waals surface area contributed by atoms with Gasteiger partial charge in [0.05, 0.1) is 0 Å². The summed E-state index contributed by atoms with van der Waals surface area (Å²) in [5.41, 5.74) is 0.0958. The Morgan fingerprint density at radius 2 is 1.88 bits per heavy atom. The highest BCUT2D eigenvalue weighted by Gasteiger charge is 2.16. The summed E-state index contributed by atoms with van der Waals surface area (Å²) in [7, 11) is 0. The van der Waals surface area contributed by atoms with Crippen molar-refractivity contribution in [1.82, 2.24) is 5.32 Å². The molecule has 1 aromatic rings. The first-order valence-corrected chi connectivity index (χ1v) is 5.37. The Bertz CT molecular complexity index is 343. The average molecular weight is 225 g/mol. The Labute approximate surface area is 95.2 Å². The topological polar surface area (TPSA) is 12.0 Å². The monoisotopic (exact) mass is 225 g/mol. The minimum Gasteiger partial charge on any atom is -0.307 e. The van der Waals surface area contributed by atoms with Gasteiger partial charge >= 0.3 is 0 Å². The van der Waals surface area contributed by atoms with Crippen LogP contribution in [0, 0.1) is 11.6 Å². The van der Waals surface area contributed by atoms with Gasteiger partial charge in [0.1, 0.15) is 11.6 Å². The summed E-state index contributed by atoms with van der Waals surface area (Å²) in [6.45, 7) is 7.33. The first-order valence-electron chi connectivity index (χ1n) is 5.37. The molecule has 88 valence electrons. The third-order valence-electron chi connectivity index (χ3n) is 2.49. The number of halogens is 2. The lowest BCUT2D eigenvalue weighted by Crippen LogP contribution is -2.29. The molecule has 0 radical (unpaired) electrons. The number of hydrogen-bond donors (Lipinski definition) is 1. The van der Waals surface area contributed by atoms with E-state index in [1.165, 1.54) is 18.2 Å². The predicted molar refractivity (Wildman–Crippen MR) is 62.2 cm³/mol. The molecule has 1 N–H and O–H groups in total. The van der Waals surface area contributed by atoms with Crippen LogP contribution in [0.4, 0.5) is 8.78 Å². The van der Waals surface area contributed by atoms with Crippen molar-refractivity contribution in [1.29, 1.82) is 0 Å². The lowest BCUT2D eigenvalue weighted by Gasteiger charge is -2.20. The molecule has 0 bridgehead atoms. The molecule has 0 spiro atoms. The molecule has 0 saturated carbocycles. The lowest BCUT2D eigenvalue weighted by molar-refractivity contribution is 0.443. The molecule has 0 aliphatic heterocycles. The zero-order valence-electron chi connectivity index (χ0n) is 9.63. The molecule has 0 heterocycles. The molecule has 3 heteroatoms. The van der Waals surface area contributed by atoms with Crippen LogP contribution in [0.1, 0.15) is 31.9 Å². The van der Waals surface area contributed by atoms with Gasteiger partial charge in [0.15, 0.2) is 0 Å². The van der Waals surface area contributed by atoms with Crippen molar-refractivity contribution < 1.29 is 8.78 Å². The molecule has 0 saturated heterocycles. The Hall–Kier alpha value is -1.22. The van der Waals surface area contributed by atoms with Crippen LogP contribution in [0.15, 0.2) is 30.9 Å². The van der Waals surface area contributed by atoms with E-state index < -0.39 is 11.6 Å². The van der Waals surface area contributed by atoms with Gasteiger partial charge < -0.3 is 5.32 Å². The van der Waals surface area contributed by atoms with Gasteiger partial charge in [-0.15, -0.1) is 6.58 Å². The van der Waals surface area contributed by atoms with Gasteiger partial charge in [-0.1, -0.05) is 12.1 Å². The van der Waals surface area contributed by atoms with Gasteiger partial charge in [0.2, 0.25) is 0 Å². The second-order valence-electron chi connectivity index (χ2n) is 3.95. The third-order valence-corrected chi connectivity index (χ3v) is 2.49. The SMILES string of the molecule is C=CCC(C)NC(C)c1c(F)cccc1F. The first-order chi connectivity index (χ1) is 7.56. The van der Waals surface area contributed by atoms with E-state index in [-0.39, 0.29) is 17.6 Å². The zero-order chi connectivity index (χ0) is 12.1. The molecular weight excluding hydrogens is 208 g/mol. The first kappa shape index (κ1) is 12.8. The highest BCUT2D eigenvalue weighted by atomic mass is 19.1. The predicted octanol–water partition coefficient (Wildman–Crippen LogP) is 3.58.